The first-order valence-electron chi connectivity index (χ1n) is 7.19. The second-order valence-corrected chi connectivity index (χ2v) is 5.21. The van der Waals surface area contributed by atoms with Gasteiger partial charge in [0, 0.05) is 25.3 Å². The van der Waals surface area contributed by atoms with Gasteiger partial charge in [-0.05, 0) is 12.8 Å². The highest BCUT2D eigenvalue weighted by Crippen LogP contribution is 2.15. The second kappa shape index (κ2) is 6.50. The summed E-state index contributed by atoms with van der Waals surface area (Å²) in [4.78, 5) is 15.7. The van der Waals surface area contributed by atoms with Crippen LogP contribution in [0.3, 0.4) is 0 Å². The number of fused-ring (bicyclic) bond motifs is 1. The van der Waals surface area contributed by atoms with Crippen molar-refractivity contribution in [2.24, 2.45) is 0 Å². The van der Waals surface area contributed by atoms with E-state index in [-0.39, 0.29) is 35.8 Å². The highest BCUT2D eigenvalue weighted by molar-refractivity contribution is 5.74. The van der Waals surface area contributed by atoms with Gasteiger partial charge in [0.25, 0.3) is 5.56 Å². The van der Waals surface area contributed by atoms with Crippen molar-refractivity contribution in [1.82, 2.24) is 9.55 Å². The molecule has 5 nitrogen and oxygen atoms in total. The van der Waals surface area contributed by atoms with Crippen LogP contribution < -0.4 is 5.56 Å². The molecule has 1 fully saturated rings. The molecule has 0 unspecified atom stereocenters. The molecule has 1 aromatic heterocycles. The molecule has 0 bridgehead atoms. The normalized spacial score (nSPS) is 18.2. The minimum Gasteiger partial charge on any atom is -0.377 e. The van der Waals surface area contributed by atoms with Gasteiger partial charge in [-0.3, -0.25) is 4.79 Å². The van der Waals surface area contributed by atoms with Gasteiger partial charge in [-0.1, -0.05) is 0 Å². The molecule has 1 aromatic carbocycles. The van der Waals surface area contributed by atoms with E-state index in [2.05, 4.69) is 4.98 Å². The van der Waals surface area contributed by atoms with Crippen molar-refractivity contribution >= 4 is 11.0 Å². The van der Waals surface area contributed by atoms with Crippen molar-refractivity contribution in [3.63, 3.8) is 0 Å². The third kappa shape index (κ3) is 3.15. The van der Waals surface area contributed by atoms with Crippen molar-refractivity contribution in [2.75, 3.05) is 19.8 Å². The summed E-state index contributed by atoms with van der Waals surface area (Å²) in [5, 5.41) is 0. The Hall–Kier alpha value is -1.86. The Morgan fingerprint density at radius 1 is 1.36 bits per heavy atom. The molecule has 2 heterocycles. The van der Waals surface area contributed by atoms with E-state index >= 15 is 0 Å². The van der Waals surface area contributed by atoms with Crippen molar-refractivity contribution < 1.29 is 18.3 Å². The molecule has 0 radical (unpaired) electrons. The van der Waals surface area contributed by atoms with Gasteiger partial charge < -0.3 is 14.0 Å². The summed E-state index contributed by atoms with van der Waals surface area (Å²) in [6.45, 7) is 1.77. The predicted octanol–water partition coefficient (Wildman–Crippen LogP) is 1.87. The van der Waals surface area contributed by atoms with Gasteiger partial charge in [-0.15, -0.1) is 0 Å². The van der Waals surface area contributed by atoms with E-state index in [1.165, 1.54) is 4.57 Å². The van der Waals surface area contributed by atoms with Gasteiger partial charge in [0.05, 0.1) is 36.5 Å². The molecule has 3 rings (SSSR count). The molecule has 0 saturated carbocycles. The maximum Gasteiger partial charge on any atom is 0.269 e. The zero-order valence-electron chi connectivity index (χ0n) is 11.9. The summed E-state index contributed by atoms with van der Waals surface area (Å²) in [7, 11) is 0. The summed E-state index contributed by atoms with van der Waals surface area (Å²) in [5.74, 6) is -1.99. The van der Waals surface area contributed by atoms with Crippen LogP contribution in [0.15, 0.2) is 23.1 Å². The van der Waals surface area contributed by atoms with E-state index in [4.69, 9.17) is 9.47 Å². The van der Waals surface area contributed by atoms with Crippen molar-refractivity contribution in [3.8, 4) is 0 Å². The highest BCUT2D eigenvalue weighted by Gasteiger charge is 2.15. The molecule has 0 aliphatic carbocycles. The Balaban J connectivity index is 1.73. The van der Waals surface area contributed by atoms with Crippen molar-refractivity contribution in [3.05, 3.63) is 40.3 Å². The average molecular weight is 310 g/mol. The fraction of sp³-hybridized carbons (Fsp3) is 0.467. The third-order valence-electron chi connectivity index (χ3n) is 3.68. The van der Waals surface area contributed by atoms with E-state index in [0.717, 1.165) is 37.8 Å². The van der Waals surface area contributed by atoms with Crippen LogP contribution in [0, 0.1) is 11.6 Å². The molecule has 7 heteroatoms. The van der Waals surface area contributed by atoms with Crippen LogP contribution in [-0.2, 0) is 16.0 Å². The number of ether oxygens (including phenoxy) is 2. The fourth-order valence-corrected chi connectivity index (χ4v) is 2.54. The van der Waals surface area contributed by atoms with Crippen LogP contribution in [-0.4, -0.2) is 35.5 Å². The van der Waals surface area contributed by atoms with Gasteiger partial charge in [0.15, 0.2) is 11.6 Å². The number of hydrogen-bond acceptors (Lipinski definition) is 4. The van der Waals surface area contributed by atoms with Crippen LogP contribution >= 0.6 is 0 Å². The van der Waals surface area contributed by atoms with Crippen LogP contribution in [0.5, 0.6) is 0 Å². The monoisotopic (exact) mass is 310 g/mol. The van der Waals surface area contributed by atoms with Gasteiger partial charge >= 0.3 is 0 Å². The van der Waals surface area contributed by atoms with E-state index < -0.39 is 11.6 Å². The number of rotatable bonds is 5. The maximum atomic E-state index is 13.4. The van der Waals surface area contributed by atoms with Crippen LogP contribution in [0.25, 0.3) is 11.0 Å². The third-order valence-corrected chi connectivity index (χ3v) is 3.68. The van der Waals surface area contributed by atoms with Gasteiger partial charge in [-0.25, -0.2) is 13.8 Å². The van der Waals surface area contributed by atoms with Crippen molar-refractivity contribution in [2.45, 2.75) is 25.5 Å². The lowest BCUT2D eigenvalue weighted by Gasteiger charge is -2.12. The predicted molar refractivity (Wildman–Crippen MR) is 75.7 cm³/mol. The van der Waals surface area contributed by atoms with E-state index in [1.54, 1.807) is 0 Å². The van der Waals surface area contributed by atoms with Crippen LogP contribution in [0.2, 0.25) is 0 Å². The fourth-order valence-electron chi connectivity index (χ4n) is 2.54. The zero-order chi connectivity index (χ0) is 15.5. The average Bonchev–Trinajstić information content (AvgIpc) is 3.01. The maximum absolute atomic E-state index is 13.4. The Kier molecular flexibility index (Phi) is 4.44. The summed E-state index contributed by atoms with van der Waals surface area (Å²) in [6, 6.07) is 1.97. The number of hydrogen-bond donors (Lipinski definition) is 0. The zero-order valence-corrected chi connectivity index (χ0v) is 11.9. The molecule has 118 valence electrons. The minimum atomic E-state index is -1.01. The van der Waals surface area contributed by atoms with Crippen LogP contribution in [0.1, 0.15) is 12.8 Å². The number of nitrogens with zero attached hydrogens (tertiary/aromatic N) is 2. The first kappa shape index (κ1) is 15.1. The minimum absolute atomic E-state index is 0.109. The summed E-state index contributed by atoms with van der Waals surface area (Å²) < 4.78 is 38.9. The Labute approximate surface area is 125 Å². The summed E-state index contributed by atoms with van der Waals surface area (Å²) in [6.07, 6.45) is 3.22. The van der Waals surface area contributed by atoms with Gasteiger partial charge in [0.1, 0.15) is 0 Å². The van der Waals surface area contributed by atoms with E-state index in [9.17, 15) is 13.6 Å². The number of benzene rings is 1. The Bertz CT molecular complexity index is 727. The lowest BCUT2D eigenvalue weighted by atomic mass is 10.2. The molecule has 1 aliphatic rings. The quantitative estimate of drug-likeness (QED) is 0.791. The highest BCUT2D eigenvalue weighted by atomic mass is 19.2. The lowest BCUT2D eigenvalue weighted by molar-refractivity contribution is 0.0149. The van der Waals surface area contributed by atoms with Crippen LogP contribution in [0.4, 0.5) is 8.78 Å². The van der Waals surface area contributed by atoms with Gasteiger partial charge in [-0.2, -0.15) is 0 Å². The molecule has 1 atom stereocenters. The Morgan fingerprint density at radius 3 is 2.95 bits per heavy atom. The molecule has 2 aromatic rings. The first-order valence-corrected chi connectivity index (χ1v) is 7.19. The topological polar surface area (TPSA) is 53.4 Å². The number of aromatic nitrogens is 2. The molecule has 1 aliphatic heterocycles. The molecule has 22 heavy (non-hydrogen) atoms. The smallest absolute Gasteiger partial charge is 0.269 e. The molecule has 0 amide bonds. The molecular formula is C15H16F2N2O3. The molecular weight excluding hydrogens is 294 g/mol. The Morgan fingerprint density at radius 2 is 2.18 bits per heavy atom. The van der Waals surface area contributed by atoms with Crippen molar-refractivity contribution in [1.29, 1.82) is 0 Å². The standard InChI is InChI=1S/C15H16F2N2O3/c16-11-6-13-14(7-12(11)17)19(15(20)8-18-13)3-5-21-9-10-2-1-4-22-10/h6-8,10H,1-5,9H2/t10-/m1/s1. The molecule has 1 saturated heterocycles. The lowest BCUT2D eigenvalue weighted by Crippen LogP contribution is -2.24. The van der Waals surface area contributed by atoms with E-state index in [0.29, 0.717) is 6.61 Å². The molecule has 0 N–H and O–H groups in total. The number of halogens is 2. The largest absolute Gasteiger partial charge is 0.377 e. The first-order chi connectivity index (χ1) is 10.6. The second-order valence-electron chi connectivity index (χ2n) is 5.21. The SMILES string of the molecule is O=c1cnc2cc(F)c(F)cc2n1CCOC[C@H]1CCCO1. The summed E-state index contributed by atoms with van der Waals surface area (Å²) >= 11 is 0. The van der Waals surface area contributed by atoms with Gasteiger partial charge in [0.2, 0.25) is 0 Å². The molecule has 0 spiro atoms. The van der Waals surface area contributed by atoms with E-state index in [1.807, 2.05) is 0 Å². The summed E-state index contributed by atoms with van der Waals surface area (Å²) in [5.41, 5.74) is 0.115.